The molecule has 4 nitrogen and oxygen atoms in total. The van der Waals surface area contributed by atoms with Crippen molar-refractivity contribution in [3.8, 4) is 0 Å². The molecule has 0 bridgehead atoms. The second-order valence-corrected chi connectivity index (χ2v) is 6.28. The molecule has 0 saturated carbocycles. The van der Waals surface area contributed by atoms with Gasteiger partial charge in [-0.2, -0.15) is 0 Å². The minimum atomic E-state index is -0.769. The molecule has 1 aliphatic heterocycles. The number of carboxylic acid groups (broad SMARTS) is 1. The number of aliphatic carboxylic acids is 1. The first-order valence-corrected chi connectivity index (χ1v) is 8.73. The lowest BCUT2D eigenvalue weighted by molar-refractivity contribution is -0.140. The Balaban J connectivity index is 0.00000182. The van der Waals surface area contributed by atoms with E-state index in [0.717, 1.165) is 26.1 Å². The first-order chi connectivity index (χ1) is 12.2. The summed E-state index contributed by atoms with van der Waals surface area (Å²) in [7, 11) is 0. The van der Waals surface area contributed by atoms with Gasteiger partial charge < -0.3 is 10.4 Å². The standard InChI is InChI=1S/C21H24N2O2.2ClH/c24-21(25)20-16-23(15-13-22-20)14-7-12-19(17-8-3-1-4-9-17)18-10-5-2-6-11-18;;/h1-6,8-12,20,22H,7,13-16H2,(H,24,25);2*1H. The summed E-state index contributed by atoms with van der Waals surface area (Å²) < 4.78 is 0. The van der Waals surface area contributed by atoms with Crippen molar-refractivity contribution in [2.45, 2.75) is 12.5 Å². The number of carbonyl (C=O) groups is 1. The Morgan fingerprint density at radius 2 is 1.59 bits per heavy atom. The van der Waals surface area contributed by atoms with E-state index in [2.05, 4.69) is 64.8 Å². The van der Waals surface area contributed by atoms with E-state index in [9.17, 15) is 4.79 Å². The fourth-order valence-electron chi connectivity index (χ4n) is 3.21. The van der Waals surface area contributed by atoms with Gasteiger partial charge in [0.25, 0.3) is 0 Å². The molecule has 1 fully saturated rings. The van der Waals surface area contributed by atoms with E-state index in [1.54, 1.807) is 0 Å². The average molecular weight is 409 g/mol. The molecule has 1 unspecified atom stereocenters. The number of carboxylic acids is 1. The number of nitrogens with zero attached hydrogens (tertiary/aromatic N) is 1. The van der Waals surface area contributed by atoms with Crippen molar-refractivity contribution in [3.05, 3.63) is 77.9 Å². The van der Waals surface area contributed by atoms with Crippen LogP contribution in [-0.4, -0.2) is 48.2 Å². The van der Waals surface area contributed by atoms with Crippen molar-refractivity contribution in [2.75, 3.05) is 26.2 Å². The number of hydrogen-bond acceptors (Lipinski definition) is 3. The number of benzene rings is 2. The molecule has 1 atom stereocenters. The Kier molecular flexibility index (Phi) is 10.1. The van der Waals surface area contributed by atoms with Gasteiger partial charge in [0, 0.05) is 26.2 Å². The molecule has 1 saturated heterocycles. The molecular formula is C21H26Cl2N2O2. The highest BCUT2D eigenvalue weighted by molar-refractivity contribution is 5.85. The maximum atomic E-state index is 11.2. The lowest BCUT2D eigenvalue weighted by Gasteiger charge is -2.31. The van der Waals surface area contributed by atoms with E-state index in [-0.39, 0.29) is 24.8 Å². The first-order valence-electron chi connectivity index (χ1n) is 8.73. The van der Waals surface area contributed by atoms with Gasteiger partial charge in [-0.05, 0) is 23.1 Å². The molecule has 6 heteroatoms. The van der Waals surface area contributed by atoms with Gasteiger partial charge in [0.1, 0.15) is 6.04 Å². The van der Waals surface area contributed by atoms with Crippen LogP contribution < -0.4 is 5.32 Å². The smallest absolute Gasteiger partial charge is 0.322 e. The fourth-order valence-corrected chi connectivity index (χ4v) is 3.21. The van der Waals surface area contributed by atoms with Gasteiger partial charge in [-0.1, -0.05) is 66.7 Å². The number of nitrogens with one attached hydrogen (secondary N) is 1. The monoisotopic (exact) mass is 408 g/mol. The van der Waals surface area contributed by atoms with Crippen LogP contribution in [0.5, 0.6) is 0 Å². The van der Waals surface area contributed by atoms with Crippen molar-refractivity contribution in [1.29, 1.82) is 0 Å². The number of hydrogen-bond donors (Lipinski definition) is 2. The Morgan fingerprint density at radius 3 is 2.11 bits per heavy atom. The number of piperazine rings is 1. The second-order valence-electron chi connectivity index (χ2n) is 6.28. The van der Waals surface area contributed by atoms with E-state index in [0.29, 0.717) is 6.54 Å². The zero-order valence-corrected chi connectivity index (χ0v) is 16.7. The second kappa shape index (κ2) is 11.8. The third-order valence-electron chi connectivity index (χ3n) is 4.52. The molecule has 1 heterocycles. The molecule has 2 aromatic carbocycles. The maximum Gasteiger partial charge on any atom is 0.322 e. The van der Waals surface area contributed by atoms with Crippen LogP contribution in [0.25, 0.3) is 5.57 Å². The van der Waals surface area contributed by atoms with Gasteiger partial charge in [0.15, 0.2) is 0 Å². The maximum absolute atomic E-state index is 11.2. The highest BCUT2D eigenvalue weighted by Crippen LogP contribution is 2.23. The molecule has 146 valence electrons. The molecule has 0 amide bonds. The normalized spacial score (nSPS) is 16.5. The molecular weight excluding hydrogens is 383 g/mol. The van der Waals surface area contributed by atoms with Crippen LogP contribution >= 0.6 is 24.8 Å². The lowest BCUT2D eigenvalue weighted by Crippen LogP contribution is -2.54. The molecule has 2 aromatic rings. The average Bonchev–Trinajstić information content (AvgIpc) is 2.67. The lowest BCUT2D eigenvalue weighted by atomic mass is 9.97. The summed E-state index contributed by atoms with van der Waals surface area (Å²) in [6, 6.07) is 20.3. The predicted molar refractivity (Wildman–Crippen MR) is 115 cm³/mol. The van der Waals surface area contributed by atoms with Gasteiger partial charge in [-0.25, -0.2) is 0 Å². The van der Waals surface area contributed by atoms with Crippen LogP contribution in [0.4, 0.5) is 0 Å². The molecule has 0 aliphatic carbocycles. The summed E-state index contributed by atoms with van der Waals surface area (Å²) in [5, 5.41) is 12.2. The third kappa shape index (κ3) is 6.67. The van der Waals surface area contributed by atoms with E-state index < -0.39 is 12.0 Å². The highest BCUT2D eigenvalue weighted by atomic mass is 35.5. The summed E-state index contributed by atoms with van der Waals surface area (Å²) in [5.41, 5.74) is 3.64. The minimum Gasteiger partial charge on any atom is -0.480 e. The SMILES string of the molecule is Cl.Cl.O=C(O)C1CN(CCC=C(c2ccccc2)c2ccccc2)CCN1. The van der Waals surface area contributed by atoms with Crippen LogP contribution in [0.1, 0.15) is 17.5 Å². The van der Waals surface area contributed by atoms with Gasteiger partial charge in [0.2, 0.25) is 0 Å². The summed E-state index contributed by atoms with van der Waals surface area (Å²) in [4.78, 5) is 13.4. The molecule has 0 radical (unpaired) electrons. The molecule has 3 rings (SSSR count). The Morgan fingerprint density at radius 1 is 1.04 bits per heavy atom. The minimum absolute atomic E-state index is 0. The van der Waals surface area contributed by atoms with Crippen molar-refractivity contribution in [3.63, 3.8) is 0 Å². The molecule has 27 heavy (non-hydrogen) atoms. The van der Waals surface area contributed by atoms with Crippen molar-refractivity contribution in [2.24, 2.45) is 0 Å². The van der Waals surface area contributed by atoms with Crippen LogP contribution in [-0.2, 0) is 4.79 Å². The Hall–Kier alpha value is -1.85. The fraction of sp³-hybridized carbons (Fsp3) is 0.286. The Bertz CT molecular complexity index is 682. The zero-order chi connectivity index (χ0) is 17.5. The first kappa shape index (κ1) is 23.2. The highest BCUT2D eigenvalue weighted by Gasteiger charge is 2.24. The summed E-state index contributed by atoms with van der Waals surface area (Å²) in [5.74, 6) is -0.769. The van der Waals surface area contributed by atoms with Crippen molar-refractivity contribution in [1.82, 2.24) is 10.2 Å². The van der Waals surface area contributed by atoms with Gasteiger partial charge >= 0.3 is 5.97 Å². The van der Waals surface area contributed by atoms with Gasteiger partial charge in [-0.15, -0.1) is 24.8 Å². The van der Waals surface area contributed by atoms with Crippen molar-refractivity contribution >= 4 is 36.4 Å². The zero-order valence-electron chi connectivity index (χ0n) is 15.1. The largest absolute Gasteiger partial charge is 0.480 e. The van der Waals surface area contributed by atoms with Gasteiger partial charge in [0.05, 0.1) is 0 Å². The summed E-state index contributed by atoms with van der Waals surface area (Å²) in [6.45, 7) is 3.05. The molecule has 0 aromatic heterocycles. The van der Waals surface area contributed by atoms with E-state index >= 15 is 0 Å². The van der Waals surface area contributed by atoms with Crippen LogP contribution in [0.3, 0.4) is 0 Å². The van der Waals surface area contributed by atoms with E-state index in [1.165, 1.54) is 16.7 Å². The van der Waals surface area contributed by atoms with E-state index in [4.69, 9.17) is 5.11 Å². The van der Waals surface area contributed by atoms with Crippen molar-refractivity contribution < 1.29 is 9.90 Å². The molecule has 2 N–H and O–H groups in total. The van der Waals surface area contributed by atoms with Crippen LogP contribution in [0.2, 0.25) is 0 Å². The van der Waals surface area contributed by atoms with Crippen LogP contribution in [0, 0.1) is 0 Å². The number of halogens is 2. The third-order valence-corrected chi connectivity index (χ3v) is 4.52. The summed E-state index contributed by atoms with van der Waals surface area (Å²) >= 11 is 0. The molecule has 0 spiro atoms. The van der Waals surface area contributed by atoms with Crippen LogP contribution in [0.15, 0.2) is 66.7 Å². The molecule has 1 aliphatic rings. The predicted octanol–water partition coefficient (Wildman–Crippen LogP) is 3.71. The van der Waals surface area contributed by atoms with Gasteiger partial charge in [-0.3, -0.25) is 9.69 Å². The summed E-state index contributed by atoms with van der Waals surface area (Å²) in [6.07, 6.45) is 3.16. The topological polar surface area (TPSA) is 52.6 Å². The quantitative estimate of drug-likeness (QED) is 0.764. The Labute approximate surface area is 173 Å². The van der Waals surface area contributed by atoms with E-state index in [1.807, 2.05) is 12.1 Å². The number of rotatable bonds is 6.